The molecule has 2 heterocycles. The lowest BCUT2D eigenvalue weighted by molar-refractivity contribution is 1.14. The molecule has 0 saturated carbocycles. The highest BCUT2D eigenvalue weighted by atomic mass is 15.0. The Balaban J connectivity index is 1.80. The molecule has 0 radical (unpaired) electrons. The van der Waals surface area contributed by atoms with Crippen LogP contribution >= 0.6 is 0 Å². The molecular formula is C31H22N2. The van der Waals surface area contributed by atoms with Gasteiger partial charge in [0.2, 0.25) is 0 Å². The van der Waals surface area contributed by atoms with Crippen LogP contribution in [0.2, 0.25) is 0 Å². The number of fused-ring (bicyclic) bond motifs is 7. The minimum absolute atomic E-state index is 1.18. The van der Waals surface area contributed by atoms with Crippen molar-refractivity contribution in [2.24, 2.45) is 0 Å². The van der Waals surface area contributed by atoms with Crippen LogP contribution in [-0.2, 0) is 0 Å². The molecule has 33 heavy (non-hydrogen) atoms. The van der Waals surface area contributed by atoms with Gasteiger partial charge in [0.05, 0.1) is 22.1 Å². The first-order valence-electron chi connectivity index (χ1n) is 11.4. The van der Waals surface area contributed by atoms with Crippen LogP contribution in [0.3, 0.4) is 0 Å². The van der Waals surface area contributed by atoms with Crippen LogP contribution in [0, 0.1) is 6.92 Å². The van der Waals surface area contributed by atoms with Gasteiger partial charge in [-0.25, -0.2) is 0 Å². The third kappa shape index (κ3) is 2.55. The molecule has 0 N–H and O–H groups in total. The van der Waals surface area contributed by atoms with Gasteiger partial charge in [-0.3, -0.25) is 0 Å². The molecule has 2 heteroatoms. The summed E-state index contributed by atoms with van der Waals surface area (Å²) in [6, 6.07) is 41.6. The van der Waals surface area contributed by atoms with Gasteiger partial charge in [0, 0.05) is 32.9 Å². The van der Waals surface area contributed by atoms with Gasteiger partial charge in [0.15, 0.2) is 0 Å². The number of aryl methyl sites for hydroxylation is 1. The van der Waals surface area contributed by atoms with Crippen LogP contribution in [0.1, 0.15) is 5.56 Å². The van der Waals surface area contributed by atoms with E-state index >= 15 is 0 Å². The van der Waals surface area contributed by atoms with E-state index in [2.05, 4.69) is 131 Å². The maximum absolute atomic E-state index is 2.44. The Kier molecular flexibility index (Phi) is 3.80. The van der Waals surface area contributed by atoms with E-state index in [1.165, 1.54) is 60.5 Å². The van der Waals surface area contributed by atoms with Gasteiger partial charge in [-0.1, -0.05) is 78.9 Å². The molecule has 0 fully saturated rings. The van der Waals surface area contributed by atoms with Gasteiger partial charge in [-0.2, -0.15) is 0 Å². The van der Waals surface area contributed by atoms with Crippen molar-refractivity contribution in [2.45, 2.75) is 6.92 Å². The summed E-state index contributed by atoms with van der Waals surface area (Å²) >= 11 is 0. The Morgan fingerprint density at radius 1 is 0.424 bits per heavy atom. The molecule has 7 rings (SSSR count). The number of nitrogens with zero attached hydrogens (tertiary/aromatic N) is 2. The third-order valence-corrected chi connectivity index (χ3v) is 6.74. The molecule has 0 atom stereocenters. The van der Waals surface area contributed by atoms with E-state index in [0.717, 1.165) is 0 Å². The molecule has 7 aromatic rings. The predicted molar refractivity (Wildman–Crippen MR) is 140 cm³/mol. The minimum atomic E-state index is 1.18. The average Bonchev–Trinajstić information content (AvgIpc) is 3.38. The van der Waals surface area contributed by atoms with Crippen molar-refractivity contribution in [1.82, 2.24) is 9.13 Å². The molecule has 0 amide bonds. The SMILES string of the molecule is Cc1cccc(-n2c3ccccc3c3ccc4c5ccccc5n(-c5ccccc5)c4c32)c1. The fourth-order valence-corrected chi connectivity index (χ4v) is 5.38. The molecule has 0 aliphatic carbocycles. The molecule has 0 bridgehead atoms. The lowest BCUT2D eigenvalue weighted by Gasteiger charge is -2.12. The first-order valence-corrected chi connectivity index (χ1v) is 11.4. The summed E-state index contributed by atoms with van der Waals surface area (Å²) in [5.74, 6) is 0. The second-order valence-corrected chi connectivity index (χ2v) is 8.74. The Bertz CT molecular complexity index is 1820. The Hall–Kier alpha value is -4.30. The summed E-state index contributed by atoms with van der Waals surface area (Å²) in [6.45, 7) is 2.16. The smallest absolute Gasteiger partial charge is 0.0788 e. The van der Waals surface area contributed by atoms with Crippen molar-refractivity contribution in [2.75, 3.05) is 0 Å². The van der Waals surface area contributed by atoms with E-state index in [-0.39, 0.29) is 0 Å². The van der Waals surface area contributed by atoms with Crippen molar-refractivity contribution < 1.29 is 0 Å². The van der Waals surface area contributed by atoms with Gasteiger partial charge in [-0.05, 0) is 48.9 Å². The molecule has 0 unspecified atom stereocenters. The van der Waals surface area contributed by atoms with E-state index in [1.54, 1.807) is 0 Å². The predicted octanol–water partition coefficient (Wildman–Crippen LogP) is 8.19. The van der Waals surface area contributed by atoms with Crippen LogP contribution in [-0.4, -0.2) is 9.13 Å². The highest BCUT2D eigenvalue weighted by molar-refractivity contribution is 6.23. The molecule has 0 spiro atoms. The zero-order valence-corrected chi connectivity index (χ0v) is 18.4. The zero-order chi connectivity index (χ0) is 21.9. The van der Waals surface area contributed by atoms with E-state index < -0.39 is 0 Å². The van der Waals surface area contributed by atoms with Gasteiger partial charge in [0.1, 0.15) is 0 Å². The van der Waals surface area contributed by atoms with Gasteiger partial charge >= 0.3 is 0 Å². The quantitative estimate of drug-likeness (QED) is 0.266. The Labute approximate surface area is 191 Å². The van der Waals surface area contributed by atoms with Crippen LogP contribution < -0.4 is 0 Å². The fraction of sp³-hybridized carbons (Fsp3) is 0.0323. The van der Waals surface area contributed by atoms with E-state index in [4.69, 9.17) is 0 Å². The van der Waals surface area contributed by atoms with Crippen molar-refractivity contribution >= 4 is 43.6 Å². The number of rotatable bonds is 2. The molecule has 0 aliphatic heterocycles. The molecule has 0 saturated heterocycles. The van der Waals surface area contributed by atoms with Crippen molar-refractivity contribution in [3.63, 3.8) is 0 Å². The fourth-order valence-electron chi connectivity index (χ4n) is 5.38. The molecule has 0 aliphatic rings. The number of benzene rings is 5. The first kappa shape index (κ1) is 18.3. The second-order valence-electron chi connectivity index (χ2n) is 8.74. The number of aromatic nitrogens is 2. The maximum Gasteiger partial charge on any atom is 0.0788 e. The number of hydrogen-bond acceptors (Lipinski definition) is 0. The molecule has 2 nitrogen and oxygen atoms in total. The van der Waals surface area contributed by atoms with Gasteiger partial charge in [-0.15, -0.1) is 0 Å². The van der Waals surface area contributed by atoms with Crippen LogP contribution in [0.4, 0.5) is 0 Å². The van der Waals surface area contributed by atoms with Gasteiger partial charge < -0.3 is 9.13 Å². The van der Waals surface area contributed by atoms with Crippen molar-refractivity contribution in [1.29, 1.82) is 0 Å². The zero-order valence-electron chi connectivity index (χ0n) is 18.4. The third-order valence-electron chi connectivity index (χ3n) is 6.74. The maximum atomic E-state index is 2.44. The van der Waals surface area contributed by atoms with Crippen molar-refractivity contribution in [3.8, 4) is 11.4 Å². The monoisotopic (exact) mass is 422 g/mol. The Morgan fingerprint density at radius 2 is 0.939 bits per heavy atom. The highest BCUT2D eigenvalue weighted by Gasteiger charge is 2.20. The average molecular weight is 423 g/mol. The van der Waals surface area contributed by atoms with Crippen LogP contribution in [0.25, 0.3) is 55.0 Å². The van der Waals surface area contributed by atoms with Crippen LogP contribution in [0.15, 0.2) is 115 Å². The molecular weight excluding hydrogens is 400 g/mol. The number of para-hydroxylation sites is 3. The Morgan fingerprint density at radius 3 is 1.55 bits per heavy atom. The normalized spacial score (nSPS) is 11.8. The second kappa shape index (κ2) is 6.85. The van der Waals surface area contributed by atoms with Gasteiger partial charge in [0.25, 0.3) is 0 Å². The molecule has 5 aromatic carbocycles. The molecule has 156 valence electrons. The summed E-state index contributed by atoms with van der Waals surface area (Å²) in [4.78, 5) is 0. The largest absolute Gasteiger partial charge is 0.307 e. The number of hydrogen-bond donors (Lipinski definition) is 0. The lowest BCUT2D eigenvalue weighted by atomic mass is 10.1. The van der Waals surface area contributed by atoms with E-state index in [0.29, 0.717) is 0 Å². The van der Waals surface area contributed by atoms with E-state index in [1.807, 2.05) is 0 Å². The summed E-state index contributed by atoms with van der Waals surface area (Å²) in [5.41, 5.74) is 8.59. The summed E-state index contributed by atoms with van der Waals surface area (Å²) in [6.07, 6.45) is 0. The first-order chi connectivity index (χ1) is 16.3. The van der Waals surface area contributed by atoms with Crippen LogP contribution in [0.5, 0.6) is 0 Å². The van der Waals surface area contributed by atoms with Crippen molar-refractivity contribution in [3.05, 3.63) is 121 Å². The summed E-state index contributed by atoms with van der Waals surface area (Å²) in [7, 11) is 0. The molecule has 2 aromatic heterocycles. The summed E-state index contributed by atoms with van der Waals surface area (Å²) < 4.78 is 4.87. The minimum Gasteiger partial charge on any atom is -0.307 e. The summed E-state index contributed by atoms with van der Waals surface area (Å²) in [5, 5.41) is 5.11. The van der Waals surface area contributed by atoms with E-state index in [9.17, 15) is 0 Å². The standard InChI is InChI=1S/C31H22N2/c1-21-10-9-13-23(20-21)33-29-17-8-6-15-25(29)27-19-18-26-24-14-5-7-16-28(24)32(30(26)31(27)33)22-11-3-2-4-12-22/h2-20H,1H3. The lowest BCUT2D eigenvalue weighted by Crippen LogP contribution is -1.98. The topological polar surface area (TPSA) is 9.86 Å². The highest BCUT2D eigenvalue weighted by Crippen LogP contribution is 2.41.